The zero-order valence-electron chi connectivity index (χ0n) is 12.1. The van der Waals surface area contributed by atoms with Gasteiger partial charge in [0.1, 0.15) is 5.76 Å². The Hall–Kier alpha value is -1.86. The van der Waals surface area contributed by atoms with E-state index >= 15 is 0 Å². The number of nitrogens with zero attached hydrogens (tertiary/aromatic N) is 2. The number of furan rings is 1. The van der Waals surface area contributed by atoms with Gasteiger partial charge in [-0.2, -0.15) is 0 Å². The summed E-state index contributed by atoms with van der Waals surface area (Å²) in [6.45, 7) is 0. The molecule has 7 heteroatoms. The normalized spacial score (nSPS) is 21.0. The molecule has 1 amide bonds. The van der Waals surface area contributed by atoms with Crippen LogP contribution in [-0.4, -0.2) is 28.0 Å². The first-order valence-electron chi connectivity index (χ1n) is 7.25. The Bertz CT molecular complexity index is 631. The number of amides is 1. The minimum atomic E-state index is -0.175. The second-order valence-corrected chi connectivity index (χ2v) is 6.27. The fourth-order valence-corrected chi connectivity index (χ4v) is 3.17. The smallest absolute Gasteiger partial charge is 0.287 e. The first-order chi connectivity index (χ1) is 10.7. The van der Waals surface area contributed by atoms with E-state index in [9.17, 15) is 4.79 Å². The van der Waals surface area contributed by atoms with E-state index in [1.54, 1.807) is 24.5 Å². The van der Waals surface area contributed by atoms with E-state index in [2.05, 4.69) is 15.3 Å². The molecule has 0 unspecified atom stereocenters. The molecule has 2 heterocycles. The van der Waals surface area contributed by atoms with Crippen molar-refractivity contribution in [1.29, 1.82) is 0 Å². The van der Waals surface area contributed by atoms with E-state index in [-0.39, 0.29) is 18.0 Å². The predicted octanol–water partition coefficient (Wildman–Crippen LogP) is 1.97. The molecule has 0 saturated heterocycles. The summed E-state index contributed by atoms with van der Waals surface area (Å²) in [6.07, 6.45) is 6.12. The fraction of sp³-hybridized carbons (Fsp3) is 0.400. The number of hydrogen-bond acceptors (Lipinski definition) is 6. The van der Waals surface area contributed by atoms with E-state index in [0.717, 1.165) is 25.0 Å². The first-order valence-corrected chi connectivity index (χ1v) is 8.24. The summed E-state index contributed by atoms with van der Waals surface area (Å²) in [5, 5.41) is 3.65. The highest BCUT2D eigenvalue weighted by Crippen LogP contribution is 2.21. The minimum absolute atomic E-state index is 0.156. The highest BCUT2D eigenvalue weighted by atomic mass is 32.2. The molecule has 1 fully saturated rings. The van der Waals surface area contributed by atoms with Crippen molar-refractivity contribution in [3.05, 3.63) is 42.1 Å². The van der Waals surface area contributed by atoms with Crippen LogP contribution in [0, 0.1) is 0 Å². The van der Waals surface area contributed by atoms with Crippen LogP contribution in [0.2, 0.25) is 0 Å². The van der Waals surface area contributed by atoms with E-state index in [4.69, 9.17) is 10.2 Å². The molecule has 0 aliphatic heterocycles. The third kappa shape index (κ3) is 3.86. The third-order valence-corrected chi connectivity index (χ3v) is 4.48. The maximum Gasteiger partial charge on any atom is 0.287 e. The highest BCUT2D eigenvalue weighted by molar-refractivity contribution is 7.98. The van der Waals surface area contributed by atoms with Crippen LogP contribution in [0.4, 0.5) is 0 Å². The van der Waals surface area contributed by atoms with E-state index in [0.29, 0.717) is 16.7 Å². The van der Waals surface area contributed by atoms with Crippen molar-refractivity contribution in [2.24, 2.45) is 5.73 Å². The van der Waals surface area contributed by atoms with E-state index in [1.165, 1.54) is 11.8 Å². The molecule has 3 N–H and O–H groups in total. The van der Waals surface area contributed by atoms with Gasteiger partial charge in [-0.1, -0.05) is 11.8 Å². The molecule has 1 aliphatic carbocycles. The second-order valence-electron chi connectivity index (χ2n) is 5.33. The number of nitrogens with one attached hydrogen (secondary N) is 1. The van der Waals surface area contributed by atoms with Gasteiger partial charge in [0.15, 0.2) is 10.9 Å². The molecule has 0 radical (unpaired) electrons. The molecule has 2 atom stereocenters. The molecule has 3 rings (SSSR count). The molecule has 0 bridgehead atoms. The number of carbonyl (C=O) groups excluding carboxylic acids is 1. The zero-order valence-corrected chi connectivity index (χ0v) is 12.9. The van der Waals surface area contributed by atoms with Gasteiger partial charge in [-0.15, -0.1) is 0 Å². The topological polar surface area (TPSA) is 94.0 Å². The Morgan fingerprint density at radius 2 is 2.18 bits per heavy atom. The fourth-order valence-electron chi connectivity index (χ4n) is 2.48. The largest absolute Gasteiger partial charge is 0.455 e. The van der Waals surface area contributed by atoms with Crippen LogP contribution in [0.25, 0.3) is 0 Å². The Kier molecular flexibility index (Phi) is 4.74. The molecule has 2 aromatic rings. The lowest BCUT2D eigenvalue weighted by molar-refractivity contribution is 0.0908. The Labute approximate surface area is 132 Å². The monoisotopic (exact) mass is 318 g/mol. The van der Waals surface area contributed by atoms with Crippen molar-refractivity contribution in [2.45, 2.75) is 42.3 Å². The average Bonchev–Trinajstić information content (AvgIpc) is 3.15. The van der Waals surface area contributed by atoms with Gasteiger partial charge in [-0.05, 0) is 37.5 Å². The number of nitrogens with two attached hydrogens (primary N) is 1. The van der Waals surface area contributed by atoms with Gasteiger partial charge in [0.25, 0.3) is 5.91 Å². The molecular weight excluding hydrogens is 300 g/mol. The van der Waals surface area contributed by atoms with Crippen LogP contribution in [0.15, 0.2) is 40.2 Å². The lowest BCUT2D eigenvalue weighted by atomic mass is 10.2. The first kappa shape index (κ1) is 15.1. The maximum atomic E-state index is 12.1. The summed E-state index contributed by atoms with van der Waals surface area (Å²) < 4.78 is 5.58. The summed E-state index contributed by atoms with van der Waals surface area (Å²) in [5.41, 5.74) is 5.85. The quantitative estimate of drug-likeness (QED) is 0.646. The van der Waals surface area contributed by atoms with Crippen molar-refractivity contribution >= 4 is 17.7 Å². The average molecular weight is 318 g/mol. The van der Waals surface area contributed by atoms with Crippen molar-refractivity contribution in [3.8, 4) is 0 Å². The van der Waals surface area contributed by atoms with Crippen LogP contribution in [0.1, 0.15) is 35.6 Å². The van der Waals surface area contributed by atoms with Gasteiger partial charge in [0.2, 0.25) is 0 Å². The van der Waals surface area contributed by atoms with Crippen molar-refractivity contribution in [3.63, 3.8) is 0 Å². The molecular formula is C15H18N4O2S. The minimum Gasteiger partial charge on any atom is -0.455 e. The van der Waals surface area contributed by atoms with Gasteiger partial charge in [-0.3, -0.25) is 4.79 Å². The van der Waals surface area contributed by atoms with Crippen molar-refractivity contribution in [1.82, 2.24) is 15.3 Å². The molecule has 116 valence electrons. The Morgan fingerprint density at radius 3 is 2.91 bits per heavy atom. The lowest BCUT2D eigenvalue weighted by Crippen LogP contribution is -2.33. The maximum absolute atomic E-state index is 12.1. The third-order valence-electron chi connectivity index (χ3n) is 3.58. The molecule has 6 nitrogen and oxygen atoms in total. The second kappa shape index (κ2) is 6.93. The molecule has 0 spiro atoms. The van der Waals surface area contributed by atoms with Crippen LogP contribution < -0.4 is 11.1 Å². The van der Waals surface area contributed by atoms with Gasteiger partial charge >= 0.3 is 0 Å². The predicted molar refractivity (Wildman–Crippen MR) is 83.4 cm³/mol. The molecule has 22 heavy (non-hydrogen) atoms. The summed E-state index contributed by atoms with van der Waals surface area (Å²) in [4.78, 5) is 20.4. The van der Waals surface area contributed by atoms with Gasteiger partial charge in [-0.25, -0.2) is 9.97 Å². The lowest BCUT2D eigenvalue weighted by Gasteiger charge is -2.10. The SMILES string of the molecule is N[C@@H]1CC[C@@H](NC(=O)c2ccc(CSc3ncccn3)o2)C1. The zero-order chi connectivity index (χ0) is 15.4. The number of aromatic nitrogens is 2. The van der Waals surface area contributed by atoms with E-state index in [1.807, 2.05) is 6.07 Å². The summed E-state index contributed by atoms with van der Waals surface area (Å²) in [5.74, 6) is 1.48. The van der Waals surface area contributed by atoms with Gasteiger partial charge in [0, 0.05) is 24.5 Å². The Morgan fingerprint density at radius 1 is 1.36 bits per heavy atom. The van der Waals surface area contributed by atoms with Crippen LogP contribution >= 0.6 is 11.8 Å². The number of carbonyl (C=O) groups is 1. The summed E-state index contributed by atoms with van der Waals surface area (Å²) in [7, 11) is 0. The molecule has 1 saturated carbocycles. The van der Waals surface area contributed by atoms with E-state index < -0.39 is 0 Å². The van der Waals surface area contributed by atoms with Gasteiger partial charge in [0.05, 0.1) is 5.75 Å². The highest BCUT2D eigenvalue weighted by Gasteiger charge is 2.24. The Balaban J connectivity index is 1.53. The molecule has 2 aromatic heterocycles. The number of rotatable bonds is 5. The summed E-state index contributed by atoms with van der Waals surface area (Å²) in [6, 6.07) is 5.63. The molecule has 0 aromatic carbocycles. The standard InChI is InChI=1S/C15H18N4O2S/c16-10-2-3-11(8-10)19-14(20)13-5-4-12(21-13)9-22-15-17-6-1-7-18-15/h1,4-7,10-11H,2-3,8-9,16H2,(H,19,20)/t10-,11-/m1/s1. The van der Waals surface area contributed by atoms with Crippen LogP contribution in [0.3, 0.4) is 0 Å². The molecule has 1 aliphatic rings. The van der Waals surface area contributed by atoms with Gasteiger partial charge < -0.3 is 15.5 Å². The van der Waals surface area contributed by atoms with Crippen LogP contribution in [0.5, 0.6) is 0 Å². The van der Waals surface area contributed by atoms with Crippen molar-refractivity contribution < 1.29 is 9.21 Å². The summed E-state index contributed by atoms with van der Waals surface area (Å²) >= 11 is 1.47. The number of hydrogen-bond donors (Lipinski definition) is 2. The number of thioether (sulfide) groups is 1. The van der Waals surface area contributed by atoms with Crippen LogP contribution in [-0.2, 0) is 5.75 Å². The van der Waals surface area contributed by atoms with Crippen molar-refractivity contribution in [2.75, 3.05) is 0 Å².